The van der Waals surface area contributed by atoms with Gasteiger partial charge in [-0.1, -0.05) is 198 Å². The molecule has 6 rings (SSSR count). The van der Waals surface area contributed by atoms with Gasteiger partial charge in [-0.3, -0.25) is 19.2 Å². The number of hydrogen-bond acceptors (Lipinski definition) is 35. The molecule has 36 heteroatoms. The van der Waals surface area contributed by atoms with Gasteiger partial charge in [0.1, 0.15) is 30.3 Å². The normalized spacial score (nSPS) is 44.8. The lowest BCUT2D eigenvalue weighted by Crippen LogP contribution is -2.64. The number of nitrogens with one attached hydrogen (secondary N) is 2. The highest BCUT2D eigenvalue weighted by atomic mass is 16.7. The fourth-order valence-corrected chi connectivity index (χ4v) is 16.8. The molecule has 0 aromatic rings. The Kier molecular flexibility index (Phi) is 50.2. The van der Waals surface area contributed by atoms with Crippen LogP contribution < -0.4 is 16.4 Å². The van der Waals surface area contributed by atoms with Crippen LogP contribution in [-0.2, 0) is 61.8 Å². The third-order valence-electron chi connectivity index (χ3n) is 25.0. The van der Waals surface area contributed by atoms with Crippen molar-refractivity contribution in [1.82, 2.24) is 10.6 Å². The molecule has 6 aliphatic rings. The number of carbonyl (C=O) groups excluding carboxylic acids is 4. The van der Waals surface area contributed by atoms with Gasteiger partial charge in [-0.15, -0.1) is 0 Å². The molecule has 4 bridgehead atoms. The van der Waals surface area contributed by atoms with Crippen molar-refractivity contribution in [2.24, 2.45) is 41.2 Å². The number of fused-ring (bicyclic) bond motifs is 4. The molecule has 133 heavy (non-hydrogen) atoms. The Balaban J connectivity index is 1.26. The number of ether oxygens (including phenoxy) is 9. The Morgan fingerprint density at radius 1 is 0.383 bits per heavy atom. The number of allylic oxidation sites excluding steroid dienone is 24. The van der Waals surface area contributed by atoms with Gasteiger partial charge in [0.25, 0.3) is 0 Å². The van der Waals surface area contributed by atoms with Crippen LogP contribution in [0, 0.1) is 35.5 Å². The van der Waals surface area contributed by atoms with E-state index >= 15 is 0 Å². The van der Waals surface area contributed by atoms with E-state index in [1.54, 1.807) is 193 Å². The standard InChI is InChI=1S/C97H151N3O33/c1-56-34-30-26-22-18-14-10-12-16-20-24-28-32-36-70(130-94-90(119)84(98)88(117)62(7)128-94)50-78-82(76(111)54-96(123,132-78)52-68(105)46-74(109)72(107)40-38-64(101)44-66(103)48-80(113)126-60(5)58(3)86(56)115)92(121)100-43-42-99-85-89(118)63(8)129-95(91(85)120)131-71-37-33-29-25-21-17-13-11-15-19-23-27-31-35-57(2)87(116)59(4)61(6)127-81(114)49-67(104)45-65(102)39-41-73(108)75(110)47-69(106)53-97(124)55-77(112)83(93(122)125-9)79(51-71)133-97/h10-37,56-79,82-91,94-95,99,101-112,115-120,123-124H,38-55,98H2,1-9H3,(H,100,121)/b12-10+,13-11+,18-14+,19-15+,20-16+,21-17+,26-22+,27-23+,28-24+,29-25+,34-30+,35-31+,36-32+,37-33+/t56-,57-,58-,59-,60-,61-,62+,63+,64+,65+,66+,67+,68-,69-,70-,71-,72+,73+,74+,75+,76-,77-,78-,79-,82+,83+,84-,85-,86+,87+,88+,89+,90-,91-,94-,95-,96+,97+/m0/s1. The molecule has 0 unspecified atom stereocenters. The summed E-state index contributed by atoms with van der Waals surface area (Å²) in [4.78, 5) is 54.4. The van der Waals surface area contributed by atoms with Crippen LogP contribution in [0.2, 0.25) is 0 Å². The molecule has 6 heterocycles. The van der Waals surface area contributed by atoms with Crippen molar-refractivity contribution in [3.8, 4) is 0 Å². The first-order valence-electron chi connectivity index (χ1n) is 46.2. The highest BCUT2D eigenvalue weighted by Gasteiger charge is 2.54. The highest BCUT2D eigenvalue weighted by Crippen LogP contribution is 2.41. The number of carbonyl (C=O) groups is 4. The van der Waals surface area contributed by atoms with Crippen molar-refractivity contribution in [2.75, 3.05) is 20.2 Å². The summed E-state index contributed by atoms with van der Waals surface area (Å²) in [5.74, 6) is -13.2. The topological polar surface area (TPSA) is 606 Å². The molecule has 0 saturated carbocycles. The molecule has 0 spiro atoms. The highest BCUT2D eigenvalue weighted by molar-refractivity contribution is 5.80. The molecular formula is C97H151N3O33. The van der Waals surface area contributed by atoms with Crippen molar-refractivity contribution < 1.29 is 164 Å². The molecule has 0 aliphatic carbocycles. The van der Waals surface area contributed by atoms with Gasteiger partial charge in [-0.05, 0) is 66.2 Å². The fraction of sp³-hybridized carbons (Fsp3) is 0.670. The van der Waals surface area contributed by atoms with Gasteiger partial charge >= 0.3 is 17.9 Å². The number of cyclic esters (lactones) is 2. The zero-order valence-electron chi connectivity index (χ0n) is 77.5. The molecule has 6 aliphatic heterocycles. The van der Waals surface area contributed by atoms with E-state index in [4.69, 9.17) is 48.4 Å². The van der Waals surface area contributed by atoms with Gasteiger partial charge < -0.3 is 161 Å². The van der Waals surface area contributed by atoms with Crippen molar-refractivity contribution >= 4 is 23.8 Å². The van der Waals surface area contributed by atoms with Crippen LogP contribution in [0.5, 0.6) is 0 Å². The van der Waals surface area contributed by atoms with Gasteiger partial charge in [0.05, 0.1) is 172 Å². The van der Waals surface area contributed by atoms with Crippen LogP contribution >= 0.6 is 0 Å². The summed E-state index contributed by atoms with van der Waals surface area (Å²) >= 11 is 0. The minimum absolute atomic E-state index is 0.175. The maximum atomic E-state index is 14.9. The van der Waals surface area contributed by atoms with Crippen LogP contribution in [0.3, 0.4) is 0 Å². The van der Waals surface area contributed by atoms with E-state index < -0.39 is 307 Å². The van der Waals surface area contributed by atoms with Crippen LogP contribution in [0.25, 0.3) is 0 Å². The Labute approximate surface area is 779 Å². The predicted molar refractivity (Wildman–Crippen MR) is 488 cm³/mol. The molecule has 0 aromatic heterocycles. The van der Waals surface area contributed by atoms with Gasteiger partial charge in [0.15, 0.2) is 24.2 Å². The third kappa shape index (κ3) is 39.1. The quantitative estimate of drug-likeness (QED) is 0.0830. The predicted octanol–water partition coefficient (Wildman–Crippen LogP) is 1.19. The Morgan fingerprint density at radius 2 is 0.737 bits per heavy atom. The number of rotatable bonds is 10. The summed E-state index contributed by atoms with van der Waals surface area (Å²) < 4.78 is 53.7. The first-order valence-corrected chi connectivity index (χ1v) is 46.2. The molecule has 4 fully saturated rings. The number of amides is 1. The summed E-state index contributed by atoms with van der Waals surface area (Å²) in [7, 11) is 1.06. The number of esters is 3. The lowest BCUT2D eigenvalue weighted by atomic mass is 9.82. The van der Waals surface area contributed by atoms with Gasteiger partial charge in [0.2, 0.25) is 5.91 Å². The van der Waals surface area contributed by atoms with E-state index in [-0.39, 0.29) is 63.5 Å². The first kappa shape index (κ1) is 115. The zero-order chi connectivity index (χ0) is 98.4. The molecule has 4 saturated heterocycles. The van der Waals surface area contributed by atoms with Crippen LogP contribution in [0.1, 0.15) is 158 Å². The summed E-state index contributed by atoms with van der Waals surface area (Å²) in [6, 6.07) is -2.60. The van der Waals surface area contributed by atoms with Crippen molar-refractivity contribution in [1.29, 1.82) is 0 Å². The summed E-state index contributed by atoms with van der Waals surface area (Å²) in [6.45, 7) is 12.7. The lowest BCUT2D eigenvalue weighted by molar-refractivity contribution is -0.310. The van der Waals surface area contributed by atoms with E-state index in [2.05, 4.69) is 10.6 Å². The second-order valence-corrected chi connectivity index (χ2v) is 36.2. The number of aliphatic hydroxyl groups is 20. The van der Waals surface area contributed by atoms with E-state index in [9.17, 15) is 121 Å². The maximum absolute atomic E-state index is 14.9. The second kappa shape index (κ2) is 58.1. The van der Waals surface area contributed by atoms with Crippen LogP contribution in [-0.4, -0.2) is 341 Å². The van der Waals surface area contributed by atoms with Crippen molar-refractivity contribution in [3.63, 3.8) is 0 Å². The maximum Gasteiger partial charge on any atom is 0.313 e. The molecule has 38 atom stereocenters. The van der Waals surface area contributed by atoms with Crippen molar-refractivity contribution in [3.05, 3.63) is 170 Å². The Hall–Kier alpha value is -6.88. The molecule has 36 nitrogen and oxygen atoms in total. The molecule has 1 amide bonds. The molecule has 752 valence electrons. The molecule has 24 N–H and O–H groups in total. The van der Waals surface area contributed by atoms with Crippen LogP contribution in [0.15, 0.2) is 170 Å². The Bertz CT molecular complexity index is 3910. The Morgan fingerprint density at radius 3 is 1.13 bits per heavy atom. The van der Waals surface area contributed by atoms with E-state index in [0.29, 0.717) is 0 Å². The smallest absolute Gasteiger partial charge is 0.313 e. The number of methoxy groups -OCH3 is 1. The molecular weight excluding hydrogens is 1740 g/mol. The van der Waals surface area contributed by atoms with Gasteiger partial charge in [-0.25, -0.2) is 0 Å². The minimum Gasteiger partial charge on any atom is -0.469 e. The molecule has 0 radical (unpaired) electrons. The first-order chi connectivity index (χ1) is 62.9. The third-order valence-corrected chi connectivity index (χ3v) is 25.0. The SMILES string of the molecule is COC(=O)[C@H]1[C@@H]2C[C@@H](O[C@@H]3O[C@H](C)[C@@H](O)[C@H](NCCNC(=O)[C@H]4[C@@H]5C[C@@H](O[C@@H]6O[C@H](C)[C@@H](O)[C@H](N)[C@@H]6O)/C=C/C=C/C=C/C=C/C=C/C=C/C=C/[C@H](C)[C@@H](O)[C@@H](C)[C@H](C)OC(=O)C[C@H](O)C[C@H](O)CC[C@@H](O)[C@H](O)C[C@H](O)C[C@](O)(C[C@@H]4O)O5)[C@@H]3O)/C=C/C=C/C=C/C=C/C=C/C=C/C=C/[C@H](C)[C@@H](O)[C@@H](C)[C@H](C)OC(=O)C[C@H](O)C[C@H](O)CC[C@@H](O)[C@H](O)C[C@H](O)C[C@](O)(C[C@@H]1O)O2. The van der Waals surface area contributed by atoms with Crippen molar-refractivity contribution in [2.45, 2.75) is 353 Å². The monoisotopic (exact) mass is 1890 g/mol. The summed E-state index contributed by atoms with van der Waals surface area (Å²) in [5.41, 5.74) is 6.25. The second-order valence-electron chi connectivity index (χ2n) is 36.2. The van der Waals surface area contributed by atoms with Crippen LogP contribution in [0.4, 0.5) is 0 Å². The number of hydrogen-bond donors (Lipinski definition) is 23. The lowest BCUT2D eigenvalue weighted by Gasteiger charge is -2.46. The van der Waals surface area contributed by atoms with E-state index in [0.717, 1.165) is 7.11 Å². The number of aliphatic hydroxyl groups excluding tert-OH is 18. The number of nitrogens with two attached hydrogens (primary N) is 1. The zero-order valence-corrected chi connectivity index (χ0v) is 77.5. The average Bonchev–Trinajstić information content (AvgIpc) is 0.441. The van der Waals surface area contributed by atoms with Gasteiger partial charge in [0, 0.05) is 88.1 Å². The summed E-state index contributed by atoms with van der Waals surface area (Å²) in [5, 5.41) is 233. The van der Waals surface area contributed by atoms with E-state index in [1.807, 2.05) is 6.92 Å². The molecule has 0 aromatic carbocycles. The largest absolute Gasteiger partial charge is 0.469 e. The average molecular weight is 1890 g/mol. The van der Waals surface area contributed by atoms with E-state index in [1.165, 1.54) is 26.0 Å². The fourth-order valence-electron chi connectivity index (χ4n) is 16.8. The van der Waals surface area contributed by atoms with Gasteiger partial charge in [-0.2, -0.15) is 0 Å². The minimum atomic E-state index is -2.50. The summed E-state index contributed by atoms with van der Waals surface area (Å²) in [6.07, 6.45) is 1.23.